The van der Waals surface area contributed by atoms with E-state index in [-0.39, 0.29) is 35.4 Å². The molecule has 1 aliphatic carbocycles. The van der Waals surface area contributed by atoms with Crippen molar-refractivity contribution in [2.24, 2.45) is 5.10 Å². The second-order valence-electron chi connectivity index (χ2n) is 6.88. The fourth-order valence-corrected chi connectivity index (χ4v) is 3.49. The number of amides is 4. The second-order valence-corrected chi connectivity index (χ2v) is 6.88. The molecular weight excluding hydrogens is 408 g/mol. The highest BCUT2D eigenvalue weighted by Gasteiger charge is 2.45. The van der Waals surface area contributed by atoms with Crippen LogP contribution < -0.4 is 10.7 Å². The maximum absolute atomic E-state index is 13.0. The minimum absolute atomic E-state index is 0.000136. The fourth-order valence-electron chi connectivity index (χ4n) is 3.49. The van der Waals surface area contributed by atoms with Crippen LogP contribution in [-0.2, 0) is 19.2 Å². The number of carboxylic acid groups (broad SMARTS) is 1. The Morgan fingerprint density at radius 1 is 1.13 bits per heavy atom. The Kier molecular flexibility index (Phi) is 4.78. The van der Waals surface area contributed by atoms with Crippen molar-refractivity contribution < 1.29 is 33.9 Å². The number of fused-ring (bicyclic) bond motifs is 1. The first kappa shape index (κ1) is 19.9. The highest BCUT2D eigenvalue weighted by molar-refractivity contribution is 6.29. The normalized spacial score (nSPS) is 21.9. The van der Waals surface area contributed by atoms with Crippen molar-refractivity contribution in [2.75, 3.05) is 5.43 Å². The lowest BCUT2D eigenvalue weighted by molar-refractivity contribution is -0.137. The Balaban J connectivity index is 1.63. The number of imide groups is 2. The number of piperidine rings is 1. The first-order valence-electron chi connectivity index (χ1n) is 9.13. The van der Waals surface area contributed by atoms with Crippen molar-refractivity contribution in [3.05, 3.63) is 53.1 Å². The molecule has 3 aliphatic rings. The van der Waals surface area contributed by atoms with Crippen molar-refractivity contribution >= 4 is 46.8 Å². The molecule has 31 heavy (non-hydrogen) atoms. The molecule has 1 saturated heterocycles. The number of hydrogen-bond acceptors (Lipinski definition) is 8. The molecular formula is C20H14N4O7. The molecule has 11 heteroatoms. The second kappa shape index (κ2) is 7.44. The smallest absolute Gasteiger partial charge is 0.339 e. The van der Waals surface area contributed by atoms with Crippen molar-refractivity contribution in [3.63, 3.8) is 0 Å². The van der Waals surface area contributed by atoms with E-state index in [1.165, 1.54) is 24.3 Å². The minimum Gasteiger partial charge on any atom is -0.478 e. The van der Waals surface area contributed by atoms with E-state index in [1.54, 1.807) is 0 Å². The van der Waals surface area contributed by atoms with Gasteiger partial charge in [0.2, 0.25) is 11.8 Å². The van der Waals surface area contributed by atoms with E-state index in [0.717, 1.165) is 17.1 Å². The summed E-state index contributed by atoms with van der Waals surface area (Å²) in [6.45, 7) is 0. The van der Waals surface area contributed by atoms with Crippen molar-refractivity contribution in [1.29, 1.82) is 0 Å². The van der Waals surface area contributed by atoms with E-state index in [1.807, 2.05) is 0 Å². The monoisotopic (exact) mass is 422 g/mol. The van der Waals surface area contributed by atoms with Gasteiger partial charge in [-0.3, -0.25) is 39.6 Å². The highest BCUT2D eigenvalue weighted by atomic mass is 16.4. The summed E-state index contributed by atoms with van der Waals surface area (Å²) < 4.78 is 0. The van der Waals surface area contributed by atoms with E-state index in [0.29, 0.717) is 0 Å². The lowest BCUT2D eigenvalue weighted by atomic mass is 10.0. The zero-order valence-electron chi connectivity index (χ0n) is 15.7. The summed E-state index contributed by atoms with van der Waals surface area (Å²) in [5.41, 5.74) is 2.50. The molecule has 1 unspecified atom stereocenters. The molecule has 0 saturated carbocycles. The number of hydrazone groups is 1. The summed E-state index contributed by atoms with van der Waals surface area (Å²) in [5.74, 6) is -4.64. The molecule has 4 rings (SSSR count). The van der Waals surface area contributed by atoms with Crippen LogP contribution >= 0.6 is 0 Å². The van der Waals surface area contributed by atoms with Crippen LogP contribution in [0.4, 0.5) is 5.69 Å². The standard InChI is InChI=1S/C20H14N4O7/c25-14-6-4-9(8-11(14)20(30)31)22-23-12-3-1-2-10-16(12)19(29)24(18(10)28)13-5-7-15(26)21-17(13)27/h1-4,6,8,13,23H,5,7H2,(H,30,31)(H,21,26,27)/b22-9-. The largest absolute Gasteiger partial charge is 0.478 e. The van der Waals surface area contributed by atoms with Crippen molar-refractivity contribution in [3.8, 4) is 0 Å². The van der Waals surface area contributed by atoms with Gasteiger partial charge in [0, 0.05) is 6.42 Å². The summed E-state index contributed by atoms with van der Waals surface area (Å²) >= 11 is 0. The van der Waals surface area contributed by atoms with E-state index >= 15 is 0 Å². The number of nitrogens with one attached hydrogen (secondary N) is 2. The SMILES string of the molecule is O=C1CCC(N2C(=O)c3cccc(N/N=C4/C=CC(=O)C(C(=O)O)=C4)c3C2=O)C(=O)N1. The minimum atomic E-state index is -1.40. The number of ketones is 1. The Labute approximate surface area is 174 Å². The number of nitrogens with zero attached hydrogens (tertiary/aromatic N) is 2. The van der Waals surface area contributed by atoms with Crippen LogP contribution in [0, 0.1) is 0 Å². The van der Waals surface area contributed by atoms with Gasteiger partial charge in [-0.1, -0.05) is 6.07 Å². The predicted octanol–water partition coefficient (Wildman–Crippen LogP) is 0.00560. The van der Waals surface area contributed by atoms with Gasteiger partial charge in [-0.15, -0.1) is 0 Å². The molecule has 0 bridgehead atoms. The van der Waals surface area contributed by atoms with Crippen molar-refractivity contribution in [2.45, 2.75) is 18.9 Å². The number of allylic oxidation sites excluding steroid dienone is 3. The number of anilines is 1. The molecule has 1 aromatic rings. The van der Waals surface area contributed by atoms with E-state index in [4.69, 9.17) is 5.11 Å². The van der Waals surface area contributed by atoms with Gasteiger partial charge in [-0.05, 0) is 36.8 Å². The van der Waals surface area contributed by atoms with Crippen LogP contribution in [-0.4, -0.2) is 57.1 Å². The summed E-state index contributed by atoms with van der Waals surface area (Å²) in [7, 11) is 0. The number of carbonyl (C=O) groups excluding carboxylic acids is 5. The third-order valence-electron chi connectivity index (χ3n) is 4.97. The Morgan fingerprint density at radius 3 is 2.61 bits per heavy atom. The zero-order chi connectivity index (χ0) is 22.3. The molecule has 2 heterocycles. The van der Waals surface area contributed by atoms with Gasteiger partial charge in [0.05, 0.1) is 22.5 Å². The van der Waals surface area contributed by atoms with E-state index < -0.39 is 47.0 Å². The number of aliphatic carboxylic acids is 1. The van der Waals surface area contributed by atoms with Crippen LogP contribution in [0.25, 0.3) is 0 Å². The van der Waals surface area contributed by atoms with Crippen molar-refractivity contribution in [1.82, 2.24) is 10.2 Å². The zero-order valence-corrected chi connectivity index (χ0v) is 15.7. The number of carboxylic acids is 1. The fraction of sp³-hybridized carbons (Fsp3) is 0.150. The first-order valence-corrected chi connectivity index (χ1v) is 9.13. The molecule has 11 nitrogen and oxygen atoms in total. The molecule has 3 N–H and O–H groups in total. The molecule has 1 atom stereocenters. The van der Waals surface area contributed by atoms with Gasteiger partial charge in [0.25, 0.3) is 11.8 Å². The van der Waals surface area contributed by atoms with Crippen LogP contribution in [0.15, 0.2) is 47.1 Å². The third kappa shape index (κ3) is 3.41. The lowest BCUT2D eigenvalue weighted by Crippen LogP contribution is -2.54. The molecule has 0 spiro atoms. The van der Waals surface area contributed by atoms with E-state index in [2.05, 4.69) is 15.8 Å². The average Bonchev–Trinajstić information content (AvgIpc) is 2.98. The summed E-state index contributed by atoms with van der Waals surface area (Å²) in [6.07, 6.45) is 3.46. The predicted molar refractivity (Wildman–Crippen MR) is 104 cm³/mol. The van der Waals surface area contributed by atoms with Gasteiger partial charge in [-0.2, -0.15) is 5.10 Å². The number of rotatable bonds is 4. The number of hydrogen-bond donors (Lipinski definition) is 3. The molecule has 0 radical (unpaired) electrons. The molecule has 1 fully saturated rings. The topological polar surface area (TPSA) is 162 Å². The summed E-state index contributed by atoms with van der Waals surface area (Å²) in [4.78, 5) is 72.8. The Hall–Kier alpha value is -4.41. The Morgan fingerprint density at radius 2 is 1.90 bits per heavy atom. The van der Waals surface area contributed by atoms with Crippen LogP contribution in [0.2, 0.25) is 0 Å². The maximum Gasteiger partial charge on any atom is 0.339 e. The maximum atomic E-state index is 13.0. The molecule has 156 valence electrons. The summed E-state index contributed by atoms with van der Waals surface area (Å²) in [5, 5.41) is 15.2. The average molecular weight is 422 g/mol. The molecule has 0 aromatic heterocycles. The van der Waals surface area contributed by atoms with Gasteiger partial charge in [0.1, 0.15) is 11.6 Å². The number of benzene rings is 1. The quantitative estimate of drug-likeness (QED) is 0.264. The molecule has 1 aromatic carbocycles. The van der Waals surface area contributed by atoms with Gasteiger partial charge >= 0.3 is 5.97 Å². The van der Waals surface area contributed by atoms with Crippen LogP contribution in [0.3, 0.4) is 0 Å². The highest BCUT2D eigenvalue weighted by Crippen LogP contribution is 2.32. The van der Waals surface area contributed by atoms with Gasteiger partial charge in [0.15, 0.2) is 5.78 Å². The molecule has 4 amide bonds. The lowest BCUT2D eigenvalue weighted by Gasteiger charge is -2.27. The Bertz CT molecular complexity index is 1180. The number of carbonyl (C=O) groups is 6. The van der Waals surface area contributed by atoms with Gasteiger partial charge in [-0.25, -0.2) is 4.79 Å². The molecule has 2 aliphatic heterocycles. The summed E-state index contributed by atoms with van der Waals surface area (Å²) in [6, 6.07) is 3.33. The van der Waals surface area contributed by atoms with Crippen LogP contribution in [0.1, 0.15) is 33.6 Å². The third-order valence-corrected chi connectivity index (χ3v) is 4.97. The van der Waals surface area contributed by atoms with E-state index in [9.17, 15) is 28.8 Å². The van der Waals surface area contributed by atoms with Crippen LogP contribution in [0.5, 0.6) is 0 Å². The first-order chi connectivity index (χ1) is 14.8. The van der Waals surface area contributed by atoms with Gasteiger partial charge < -0.3 is 5.11 Å².